The van der Waals surface area contributed by atoms with Gasteiger partial charge >= 0.3 is 0 Å². The zero-order valence-electron chi connectivity index (χ0n) is 32.6. The lowest BCUT2D eigenvalue weighted by molar-refractivity contribution is 0.680. The van der Waals surface area contributed by atoms with Gasteiger partial charge in [-0.1, -0.05) is 47.3 Å². The number of nitrogens with one attached hydrogen (secondary N) is 1. The smallest absolute Gasteiger partial charge is 0.123 e. The Bertz CT molecular complexity index is 1770. The zero-order chi connectivity index (χ0) is 37.6. The molecule has 4 aromatic rings. The first kappa shape index (κ1) is 40.6. The second-order valence-electron chi connectivity index (χ2n) is 13.9. The molecule has 0 radical (unpaired) electrons. The van der Waals surface area contributed by atoms with Crippen LogP contribution >= 0.6 is 11.8 Å². The summed E-state index contributed by atoms with van der Waals surface area (Å²) in [6.07, 6.45) is 17.4. The number of fused-ring (bicyclic) bond motifs is 1. The summed E-state index contributed by atoms with van der Waals surface area (Å²) in [5.74, 6) is 1.00. The van der Waals surface area contributed by atoms with Crippen LogP contribution in [0.4, 0.5) is 17.2 Å². The number of benzene rings is 1. The summed E-state index contributed by atoms with van der Waals surface area (Å²) in [6, 6.07) is 14.9. The number of thioether (sulfide) groups is 1. The number of anilines is 3. The molecule has 52 heavy (non-hydrogen) atoms. The van der Waals surface area contributed by atoms with Crippen LogP contribution in [0.15, 0.2) is 79.4 Å². The molecule has 0 spiro atoms. The van der Waals surface area contributed by atoms with E-state index in [1.165, 1.54) is 56.8 Å². The van der Waals surface area contributed by atoms with Crippen molar-refractivity contribution in [1.29, 1.82) is 0 Å². The Morgan fingerprint density at radius 3 is 2.37 bits per heavy atom. The van der Waals surface area contributed by atoms with Crippen molar-refractivity contribution in [2.24, 2.45) is 5.73 Å². The number of unbranched alkanes of at least 4 members (excludes halogenated alkanes) is 1. The highest BCUT2D eigenvalue weighted by molar-refractivity contribution is 7.99. The highest BCUT2D eigenvalue weighted by Gasteiger charge is 2.25. The molecule has 0 bridgehead atoms. The number of allylic oxidation sites excluding steroid dienone is 2. The van der Waals surface area contributed by atoms with Gasteiger partial charge in [-0.25, -0.2) is 4.98 Å². The van der Waals surface area contributed by atoms with Crippen molar-refractivity contribution in [2.75, 3.05) is 41.8 Å². The van der Waals surface area contributed by atoms with Gasteiger partial charge in [0.1, 0.15) is 5.82 Å². The van der Waals surface area contributed by atoms with Crippen LogP contribution in [-0.4, -0.2) is 46.1 Å². The van der Waals surface area contributed by atoms with Crippen LogP contribution < -0.4 is 21.7 Å². The third-order valence-corrected chi connectivity index (χ3v) is 11.0. The van der Waals surface area contributed by atoms with E-state index in [1.54, 1.807) is 0 Å². The van der Waals surface area contributed by atoms with E-state index in [-0.39, 0.29) is 0 Å². The van der Waals surface area contributed by atoms with E-state index in [9.17, 15) is 0 Å². The van der Waals surface area contributed by atoms with E-state index >= 15 is 0 Å². The van der Waals surface area contributed by atoms with Crippen LogP contribution in [0.2, 0.25) is 0 Å². The summed E-state index contributed by atoms with van der Waals surface area (Å²) in [6.45, 7) is 20.4. The maximum Gasteiger partial charge on any atom is 0.123 e. The molecular formula is C44H61N7S. The standard InChI is InChI=1S/C24H31N3.C20H30N4S/c1-6-15(3)23-22(21-9-8-18(10-11-25)13-26-21)16(4)12-20-17(5)19(7-2)14-27-24(20)23;1-4-18-13-17(10-11-22-18)7-5-6-12-24(15-16(2)25-3)19-8-9-20(21)23-14-19/h8-9,12-15,27H,5-7,10-11,25H2,1-4H3;8-11,13-14,16H,4-7,12,15H2,1-3H3,(H2,21,23). The lowest BCUT2D eigenvalue weighted by Crippen LogP contribution is -2.31. The number of aryl methyl sites for hydroxylation is 3. The van der Waals surface area contributed by atoms with Gasteiger partial charge in [-0.15, -0.1) is 0 Å². The minimum atomic E-state index is 0.427. The molecule has 5 rings (SSSR count). The van der Waals surface area contributed by atoms with Crippen molar-refractivity contribution in [3.63, 3.8) is 0 Å². The van der Waals surface area contributed by atoms with Gasteiger partial charge in [-0.3, -0.25) is 9.97 Å². The van der Waals surface area contributed by atoms with Crippen molar-refractivity contribution in [3.05, 3.63) is 113 Å². The van der Waals surface area contributed by atoms with Crippen LogP contribution in [0.25, 0.3) is 16.8 Å². The van der Waals surface area contributed by atoms with Gasteiger partial charge in [0.25, 0.3) is 0 Å². The summed E-state index contributed by atoms with van der Waals surface area (Å²) in [5, 5.41) is 4.17. The van der Waals surface area contributed by atoms with E-state index < -0.39 is 0 Å². The fourth-order valence-electron chi connectivity index (χ4n) is 6.70. The molecule has 2 atom stereocenters. The van der Waals surface area contributed by atoms with Crippen LogP contribution in [0, 0.1) is 6.92 Å². The quantitative estimate of drug-likeness (QED) is 0.0983. The molecule has 0 fully saturated rings. The summed E-state index contributed by atoms with van der Waals surface area (Å²) in [5.41, 5.74) is 26.0. The maximum absolute atomic E-state index is 5.73. The van der Waals surface area contributed by atoms with Crippen LogP contribution in [-0.2, 0) is 19.3 Å². The molecular weight excluding hydrogens is 659 g/mol. The number of pyridine rings is 3. The summed E-state index contributed by atoms with van der Waals surface area (Å²) < 4.78 is 0. The van der Waals surface area contributed by atoms with Crippen molar-refractivity contribution >= 4 is 34.5 Å². The second kappa shape index (κ2) is 20.2. The normalized spacial score (nSPS) is 13.3. The minimum absolute atomic E-state index is 0.427. The molecule has 7 nitrogen and oxygen atoms in total. The molecule has 0 amide bonds. The third-order valence-electron chi connectivity index (χ3n) is 10.1. The van der Waals surface area contributed by atoms with Crippen LogP contribution in [0.1, 0.15) is 99.7 Å². The topological polar surface area (TPSA) is 106 Å². The van der Waals surface area contributed by atoms with Gasteiger partial charge in [-0.05, 0) is 140 Å². The molecule has 0 aliphatic carbocycles. The predicted octanol–water partition coefficient (Wildman–Crippen LogP) is 10.0. The van der Waals surface area contributed by atoms with Gasteiger partial charge in [0.15, 0.2) is 0 Å². The largest absolute Gasteiger partial charge is 0.384 e. The first-order chi connectivity index (χ1) is 25.1. The van der Waals surface area contributed by atoms with E-state index in [0.29, 0.717) is 23.5 Å². The number of aromatic nitrogens is 3. The highest BCUT2D eigenvalue weighted by atomic mass is 32.2. The molecule has 1 aromatic carbocycles. The highest BCUT2D eigenvalue weighted by Crippen LogP contribution is 2.45. The first-order valence-corrected chi connectivity index (χ1v) is 20.3. The number of nitrogens with zero attached hydrogens (tertiary/aromatic N) is 4. The summed E-state index contributed by atoms with van der Waals surface area (Å²) in [4.78, 5) is 15.8. The van der Waals surface area contributed by atoms with Crippen molar-refractivity contribution in [3.8, 4) is 11.3 Å². The average Bonchev–Trinajstić information content (AvgIpc) is 3.16. The third kappa shape index (κ3) is 10.7. The molecule has 278 valence electrons. The molecule has 4 heterocycles. The molecule has 3 aromatic heterocycles. The number of nitrogens with two attached hydrogens (primary N) is 2. The van der Waals surface area contributed by atoms with E-state index in [4.69, 9.17) is 16.5 Å². The number of rotatable bonds is 16. The molecule has 0 saturated heterocycles. The van der Waals surface area contributed by atoms with Crippen LogP contribution in [0.5, 0.6) is 0 Å². The SMILES string of the molecule is C=C1C(CC)=CNc2c1cc(C)c(-c1ccc(CCN)cn1)c2C(C)CC.CCc1cc(CCCCN(CC(C)SC)c2ccc(N)nc2)ccn1. The molecule has 8 heteroatoms. The molecule has 0 saturated carbocycles. The second-order valence-corrected chi connectivity index (χ2v) is 15.1. The lowest BCUT2D eigenvalue weighted by Gasteiger charge is -2.28. The Morgan fingerprint density at radius 1 is 0.923 bits per heavy atom. The van der Waals surface area contributed by atoms with Crippen molar-refractivity contribution in [2.45, 2.75) is 97.7 Å². The summed E-state index contributed by atoms with van der Waals surface area (Å²) >= 11 is 1.90. The maximum atomic E-state index is 5.73. The van der Waals surface area contributed by atoms with Gasteiger partial charge in [0, 0.05) is 53.8 Å². The van der Waals surface area contributed by atoms with E-state index in [2.05, 4.69) is 117 Å². The zero-order valence-corrected chi connectivity index (χ0v) is 33.5. The summed E-state index contributed by atoms with van der Waals surface area (Å²) in [7, 11) is 0. The monoisotopic (exact) mass is 719 g/mol. The van der Waals surface area contributed by atoms with Gasteiger partial charge in [-0.2, -0.15) is 11.8 Å². The Balaban J connectivity index is 0.000000234. The van der Waals surface area contributed by atoms with Gasteiger partial charge < -0.3 is 21.7 Å². The van der Waals surface area contributed by atoms with Crippen LogP contribution in [0.3, 0.4) is 0 Å². The minimum Gasteiger partial charge on any atom is -0.384 e. The molecule has 1 aliphatic heterocycles. The van der Waals surface area contributed by atoms with Crippen molar-refractivity contribution < 1.29 is 0 Å². The average molecular weight is 720 g/mol. The fraction of sp³-hybridized carbons (Fsp3) is 0.432. The first-order valence-electron chi connectivity index (χ1n) is 19.0. The Hall–Kier alpha value is -4.14. The Morgan fingerprint density at radius 2 is 1.73 bits per heavy atom. The predicted molar refractivity (Wildman–Crippen MR) is 227 cm³/mol. The van der Waals surface area contributed by atoms with Gasteiger partial charge in [0.2, 0.25) is 0 Å². The van der Waals surface area contributed by atoms with E-state index in [0.717, 1.165) is 68.6 Å². The molecule has 1 aliphatic rings. The number of nitrogen functional groups attached to an aromatic ring is 1. The lowest BCUT2D eigenvalue weighted by atomic mass is 9.81. The number of hydrogen-bond acceptors (Lipinski definition) is 8. The number of hydrogen-bond donors (Lipinski definition) is 3. The van der Waals surface area contributed by atoms with E-state index in [1.807, 2.05) is 36.4 Å². The van der Waals surface area contributed by atoms with Crippen molar-refractivity contribution in [1.82, 2.24) is 15.0 Å². The Labute approximate surface area is 317 Å². The molecule has 2 unspecified atom stereocenters. The Kier molecular flexibility index (Phi) is 15.8. The fourth-order valence-corrected chi connectivity index (χ4v) is 7.03. The van der Waals surface area contributed by atoms with Gasteiger partial charge in [0.05, 0.1) is 23.3 Å². The molecule has 5 N–H and O–H groups in total.